The summed E-state index contributed by atoms with van der Waals surface area (Å²) in [5, 5.41) is 6.51. The molecule has 1 aromatic heterocycles. The van der Waals surface area contributed by atoms with Crippen molar-refractivity contribution in [1.82, 2.24) is 9.88 Å². The number of hydrogen-bond donors (Lipinski definition) is 2. The Morgan fingerprint density at radius 2 is 1.89 bits per heavy atom. The molecular formula is C15H28N4. The Bertz CT molecular complexity index is 350. The van der Waals surface area contributed by atoms with Crippen LogP contribution in [0.2, 0.25) is 0 Å². The van der Waals surface area contributed by atoms with E-state index in [1.807, 2.05) is 25.2 Å². The summed E-state index contributed by atoms with van der Waals surface area (Å²) in [6.07, 6.45) is 2.39. The first-order chi connectivity index (χ1) is 9.19. The molecule has 1 heterocycles. The zero-order chi connectivity index (χ0) is 14.1. The van der Waals surface area contributed by atoms with Gasteiger partial charge in [0, 0.05) is 13.1 Å². The Balaban J connectivity index is 2.32. The van der Waals surface area contributed by atoms with Crippen LogP contribution in [-0.2, 0) is 0 Å². The number of rotatable bonds is 9. The molecule has 0 amide bonds. The normalized spacial score (nSPS) is 12.5. The summed E-state index contributed by atoms with van der Waals surface area (Å²) < 4.78 is 0. The minimum absolute atomic E-state index is 0.454. The van der Waals surface area contributed by atoms with Crippen molar-refractivity contribution in [2.75, 3.05) is 37.3 Å². The molecule has 0 aliphatic carbocycles. The zero-order valence-corrected chi connectivity index (χ0v) is 12.7. The Morgan fingerprint density at radius 1 is 1.21 bits per heavy atom. The van der Waals surface area contributed by atoms with E-state index in [0.717, 1.165) is 24.7 Å². The van der Waals surface area contributed by atoms with Gasteiger partial charge in [-0.1, -0.05) is 19.9 Å². The topological polar surface area (TPSA) is 40.2 Å². The molecule has 0 aromatic carbocycles. The maximum atomic E-state index is 4.47. The van der Waals surface area contributed by atoms with Crippen LogP contribution in [0.1, 0.15) is 33.6 Å². The third-order valence-electron chi connectivity index (χ3n) is 3.41. The van der Waals surface area contributed by atoms with Gasteiger partial charge >= 0.3 is 0 Å². The van der Waals surface area contributed by atoms with E-state index in [0.29, 0.717) is 6.04 Å². The molecule has 1 aromatic rings. The van der Waals surface area contributed by atoms with E-state index < -0.39 is 0 Å². The Labute approximate surface area is 117 Å². The standard InChI is InChI=1S/C15H28N4/c1-5-19(6-2)12-8-9-13(3)17-15-11-7-10-14(16-4)18-15/h7,10-11,13H,5-6,8-9,12H2,1-4H3,(H2,16,17,18). The van der Waals surface area contributed by atoms with Crippen molar-refractivity contribution in [3.63, 3.8) is 0 Å². The number of pyridine rings is 1. The van der Waals surface area contributed by atoms with Gasteiger partial charge in [-0.25, -0.2) is 4.98 Å². The van der Waals surface area contributed by atoms with Gasteiger partial charge in [-0.15, -0.1) is 0 Å². The molecule has 0 saturated carbocycles. The van der Waals surface area contributed by atoms with E-state index in [-0.39, 0.29) is 0 Å². The van der Waals surface area contributed by atoms with Crippen LogP contribution in [0.3, 0.4) is 0 Å². The second kappa shape index (κ2) is 8.75. The Kier molecular flexibility index (Phi) is 7.26. The van der Waals surface area contributed by atoms with Crippen LogP contribution < -0.4 is 10.6 Å². The first-order valence-electron chi connectivity index (χ1n) is 7.33. The third kappa shape index (κ3) is 5.92. The number of anilines is 2. The monoisotopic (exact) mass is 264 g/mol. The molecule has 1 atom stereocenters. The maximum absolute atomic E-state index is 4.47. The number of aromatic nitrogens is 1. The van der Waals surface area contributed by atoms with E-state index in [4.69, 9.17) is 0 Å². The molecular weight excluding hydrogens is 236 g/mol. The van der Waals surface area contributed by atoms with E-state index in [1.54, 1.807) is 0 Å². The summed E-state index contributed by atoms with van der Waals surface area (Å²) in [5.41, 5.74) is 0. The fourth-order valence-corrected chi connectivity index (χ4v) is 2.14. The van der Waals surface area contributed by atoms with E-state index in [1.165, 1.54) is 19.4 Å². The van der Waals surface area contributed by atoms with Crippen LogP contribution in [-0.4, -0.2) is 42.6 Å². The first kappa shape index (κ1) is 15.8. The molecule has 108 valence electrons. The lowest BCUT2D eigenvalue weighted by Crippen LogP contribution is -2.25. The van der Waals surface area contributed by atoms with Crippen molar-refractivity contribution in [2.24, 2.45) is 0 Å². The summed E-state index contributed by atoms with van der Waals surface area (Å²) >= 11 is 0. The maximum Gasteiger partial charge on any atom is 0.128 e. The van der Waals surface area contributed by atoms with Gasteiger partial charge in [-0.3, -0.25) is 0 Å². The van der Waals surface area contributed by atoms with Crippen LogP contribution >= 0.6 is 0 Å². The molecule has 0 radical (unpaired) electrons. The zero-order valence-electron chi connectivity index (χ0n) is 12.7. The van der Waals surface area contributed by atoms with Crippen molar-refractivity contribution in [2.45, 2.75) is 39.7 Å². The SMILES string of the molecule is CCN(CC)CCCC(C)Nc1cccc(NC)n1. The fourth-order valence-electron chi connectivity index (χ4n) is 2.14. The molecule has 1 rings (SSSR count). The molecule has 2 N–H and O–H groups in total. The summed E-state index contributed by atoms with van der Waals surface area (Å²) in [5.74, 6) is 1.85. The minimum atomic E-state index is 0.454. The molecule has 0 aliphatic rings. The van der Waals surface area contributed by atoms with Gasteiger partial charge in [0.15, 0.2) is 0 Å². The van der Waals surface area contributed by atoms with E-state index in [2.05, 4.69) is 41.3 Å². The highest BCUT2D eigenvalue weighted by Crippen LogP contribution is 2.11. The van der Waals surface area contributed by atoms with E-state index >= 15 is 0 Å². The van der Waals surface area contributed by atoms with E-state index in [9.17, 15) is 0 Å². The Hall–Kier alpha value is -1.29. The molecule has 0 bridgehead atoms. The van der Waals surface area contributed by atoms with Gasteiger partial charge in [0.05, 0.1) is 0 Å². The molecule has 19 heavy (non-hydrogen) atoms. The van der Waals surface area contributed by atoms with Crippen molar-refractivity contribution in [3.05, 3.63) is 18.2 Å². The summed E-state index contributed by atoms with van der Waals surface area (Å²) in [6, 6.07) is 6.46. The summed E-state index contributed by atoms with van der Waals surface area (Å²) in [7, 11) is 1.89. The highest BCUT2D eigenvalue weighted by atomic mass is 15.1. The fraction of sp³-hybridized carbons (Fsp3) is 0.667. The predicted octanol–water partition coefficient (Wildman–Crippen LogP) is 3.05. The lowest BCUT2D eigenvalue weighted by molar-refractivity contribution is 0.295. The van der Waals surface area contributed by atoms with Crippen LogP contribution in [0.25, 0.3) is 0 Å². The van der Waals surface area contributed by atoms with Crippen molar-refractivity contribution < 1.29 is 0 Å². The van der Waals surface area contributed by atoms with Gasteiger partial charge < -0.3 is 15.5 Å². The van der Waals surface area contributed by atoms with Gasteiger partial charge in [-0.2, -0.15) is 0 Å². The number of nitrogens with one attached hydrogen (secondary N) is 2. The molecule has 0 spiro atoms. The average Bonchev–Trinajstić information content (AvgIpc) is 2.44. The molecule has 4 nitrogen and oxygen atoms in total. The second-order valence-corrected chi connectivity index (χ2v) is 4.87. The summed E-state index contributed by atoms with van der Waals surface area (Å²) in [6.45, 7) is 10.1. The average molecular weight is 264 g/mol. The van der Waals surface area contributed by atoms with Crippen molar-refractivity contribution in [1.29, 1.82) is 0 Å². The van der Waals surface area contributed by atoms with Gasteiger partial charge in [0.1, 0.15) is 11.6 Å². The van der Waals surface area contributed by atoms with Crippen molar-refractivity contribution in [3.8, 4) is 0 Å². The summed E-state index contributed by atoms with van der Waals surface area (Å²) in [4.78, 5) is 6.94. The highest BCUT2D eigenvalue weighted by molar-refractivity contribution is 5.45. The lowest BCUT2D eigenvalue weighted by Gasteiger charge is -2.20. The second-order valence-electron chi connectivity index (χ2n) is 4.87. The number of hydrogen-bond acceptors (Lipinski definition) is 4. The number of nitrogens with zero attached hydrogens (tertiary/aromatic N) is 2. The van der Waals surface area contributed by atoms with Crippen molar-refractivity contribution >= 4 is 11.6 Å². The first-order valence-corrected chi connectivity index (χ1v) is 7.33. The molecule has 0 fully saturated rings. The van der Waals surface area contributed by atoms with Gasteiger partial charge in [0.25, 0.3) is 0 Å². The third-order valence-corrected chi connectivity index (χ3v) is 3.41. The molecule has 0 aliphatic heterocycles. The van der Waals surface area contributed by atoms with Crippen LogP contribution in [0, 0.1) is 0 Å². The predicted molar refractivity (Wildman–Crippen MR) is 83.9 cm³/mol. The van der Waals surface area contributed by atoms with Crippen LogP contribution in [0.15, 0.2) is 18.2 Å². The molecule has 0 saturated heterocycles. The largest absolute Gasteiger partial charge is 0.373 e. The lowest BCUT2D eigenvalue weighted by atomic mass is 10.1. The molecule has 4 heteroatoms. The van der Waals surface area contributed by atoms with Crippen LogP contribution in [0.4, 0.5) is 11.6 Å². The highest BCUT2D eigenvalue weighted by Gasteiger charge is 2.05. The van der Waals surface area contributed by atoms with Crippen LogP contribution in [0.5, 0.6) is 0 Å². The Morgan fingerprint density at radius 3 is 2.53 bits per heavy atom. The smallest absolute Gasteiger partial charge is 0.128 e. The van der Waals surface area contributed by atoms with Gasteiger partial charge in [-0.05, 0) is 51.5 Å². The quantitative estimate of drug-likeness (QED) is 0.719. The molecule has 1 unspecified atom stereocenters. The minimum Gasteiger partial charge on any atom is -0.373 e. The van der Waals surface area contributed by atoms with Gasteiger partial charge in [0.2, 0.25) is 0 Å².